The van der Waals surface area contributed by atoms with Crippen LogP contribution >= 0.6 is 0 Å². The molecule has 0 unspecified atom stereocenters. The van der Waals surface area contributed by atoms with Gasteiger partial charge in [-0.1, -0.05) is 36.4 Å². The maximum Gasteiger partial charge on any atom is 0.257 e. The minimum absolute atomic E-state index is 0.0886. The van der Waals surface area contributed by atoms with Crippen LogP contribution in [0.3, 0.4) is 0 Å². The monoisotopic (exact) mass is 362 g/mol. The van der Waals surface area contributed by atoms with Crippen molar-refractivity contribution >= 4 is 17.5 Å². The molecule has 138 valence electrons. The molecule has 27 heavy (non-hydrogen) atoms. The fourth-order valence-corrected chi connectivity index (χ4v) is 2.65. The van der Waals surface area contributed by atoms with Crippen LogP contribution in [-0.2, 0) is 6.54 Å². The molecule has 6 nitrogen and oxygen atoms in total. The van der Waals surface area contributed by atoms with Gasteiger partial charge in [0.15, 0.2) is 0 Å². The van der Waals surface area contributed by atoms with E-state index >= 15 is 0 Å². The number of nitrogens with one attached hydrogen (secondary N) is 1. The van der Waals surface area contributed by atoms with Gasteiger partial charge in [0.2, 0.25) is 5.95 Å². The first-order valence-corrected chi connectivity index (χ1v) is 8.76. The summed E-state index contributed by atoms with van der Waals surface area (Å²) in [6, 6.07) is 17.4. The van der Waals surface area contributed by atoms with Crippen molar-refractivity contribution in [3.63, 3.8) is 0 Å². The molecule has 2 aromatic carbocycles. The highest BCUT2D eigenvalue weighted by Crippen LogP contribution is 2.19. The van der Waals surface area contributed by atoms with Gasteiger partial charge in [0, 0.05) is 37.2 Å². The number of hydrogen-bond acceptors (Lipinski definition) is 5. The third-order valence-corrected chi connectivity index (χ3v) is 4.11. The van der Waals surface area contributed by atoms with Crippen LogP contribution in [0.5, 0.6) is 5.75 Å². The molecule has 3 aromatic rings. The molecule has 6 heteroatoms. The van der Waals surface area contributed by atoms with E-state index in [1.54, 1.807) is 24.4 Å². The number of carbonyl (C=O) groups is 1. The Balaban J connectivity index is 1.68. The lowest BCUT2D eigenvalue weighted by atomic mass is 10.2. The SMILES string of the molecule is CCN(Cc1ccccc1)C(=O)c1cnc(Nc2cccc(OC)c2)nc1. The van der Waals surface area contributed by atoms with E-state index < -0.39 is 0 Å². The molecule has 0 saturated heterocycles. The van der Waals surface area contributed by atoms with Gasteiger partial charge in [0.05, 0.1) is 12.7 Å². The van der Waals surface area contributed by atoms with Crippen molar-refractivity contribution in [3.8, 4) is 5.75 Å². The van der Waals surface area contributed by atoms with Gasteiger partial charge in [-0.05, 0) is 24.6 Å². The molecule has 0 aliphatic carbocycles. The molecule has 1 heterocycles. The Morgan fingerprint density at radius 3 is 2.48 bits per heavy atom. The third kappa shape index (κ3) is 4.82. The molecule has 0 aliphatic rings. The molecule has 0 fully saturated rings. The number of amides is 1. The summed E-state index contributed by atoms with van der Waals surface area (Å²) in [6.45, 7) is 3.12. The zero-order valence-corrected chi connectivity index (χ0v) is 15.4. The van der Waals surface area contributed by atoms with Gasteiger partial charge < -0.3 is 15.0 Å². The van der Waals surface area contributed by atoms with E-state index in [1.807, 2.05) is 61.5 Å². The topological polar surface area (TPSA) is 67.4 Å². The van der Waals surface area contributed by atoms with Gasteiger partial charge >= 0.3 is 0 Å². The van der Waals surface area contributed by atoms with Crippen molar-refractivity contribution in [1.82, 2.24) is 14.9 Å². The largest absolute Gasteiger partial charge is 0.497 e. The second-order valence-corrected chi connectivity index (χ2v) is 5.96. The first-order chi connectivity index (χ1) is 13.2. The third-order valence-electron chi connectivity index (χ3n) is 4.11. The van der Waals surface area contributed by atoms with Gasteiger partial charge in [0.1, 0.15) is 5.75 Å². The van der Waals surface area contributed by atoms with Gasteiger partial charge in [-0.15, -0.1) is 0 Å². The molecule has 3 rings (SSSR count). The van der Waals surface area contributed by atoms with Crippen LogP contribution in [0, 0.1) is 0 Å². The van der Waals surface area contributed by atoms with E-state index in [2.05, 4.69) is 15.3 Å². The zero-order valence-electron chi connectivity index (χ0n) is 15.4. The Kier molecular flexibility index (Phi) is 5.99. The number of benzene rings is 2. The second kappa shape index (κ2) is 8.80. The predicted molar refractivity (Wildman–Crippen MR) is 105 cm³/mol. The Bertz CT molecular complexity index is 882. The van der Waals surface area contributed by atoms with E-state index in [9.17, 15) is 4.79 Å². The maximum absolute atomic E-state index is 12.7. The number of hydrogen-bond donors (Lipinski definition) is 1. The summed E-state index contributed by atoms with van der Waals surface area (Å²) in [5.74, 6) is 1.08. The molecular formula is C21H22N4O2. The molecule has 1 N–H and O–H groups in total. The molecule has 0 spiro atoms. The van der Waals surface area contributed by atoms with Gasteiger partial charge in [0.25, 0.3) is 5.91 Å². The van der Waals surface area contributed by atoms with E-state index in [1.165, 1.54) is 0 Å². The molecular weight excluding hydrogens is 340 g/mol. The predicted octanol–water partition coefficient (Wildman–Crippen LogP) is 3.89. The Hall–Kier alpha value is -3.41. The fourth-order valence-electron chi connectivity index (χ4n) is 2.65. The number of anilines is 2. The van der Waals surface area contributed by atoms with Crippen molar-refractivity contribution in [1.29, 1.82) is 0 Å². The maximum atomic E-state index is 12.7. The van der Waals surface area contributed by atoms with Gasteiger partial charge in [-0.2, -0.15) is 0 Å². The summed E-state index contributed by atoms with van der Waals surface area (Å²) >= 11 is 0. The molecule has 0 aliphatic heterocycles. The summed E-state index contributed by atoms with van der Waals surface area (Å²) in [7, 11) is 1.62. The van der Waals surface area contributed by atoms with Crippen LogP contribution in [-0.4, -0.2) is 34.4 Å². The standard InChI is InChI=1S/C21H22N4O2/c1-3-25(15-16-8-5-4-6-9-16)20(26)17-13-22-21(23-14-17)24-18-10-7-11-19(12-18)27-2/h4-14H,3,15H2,1-2H3,(H,22,23,24). The van der Waals surface area contributed by atoms with Crippen molar-refractivity contribution in [2.75, 3.05) is 19.0 Å². The molecule has 0 radical (unpaired) electrons. The minimum Gasteiger partial charge on any atom is -0.497 e. The highest BCUT2D eigenvalue weighted by atomic mass is 16.5. The molecule has 0 saturated carbocycles. The zero-order chi connectivity index (χ0) is 19.1. The number of ether oxygens (including phenoxy) is 1. The quantitative estimate of drug-likeness (QED) is 0.691. The Morgan fingerprint density at radius 1 is 1.07 bits per heavy atom. The van der Waals surface area contributed by atoms with Crippen LogP contribution in [0.2, 0.25) is 0 Å². The summed E-state index contributed by atoms with van der Waals surface area (Å²) < 4.78 is 5.20. The Labute approximate surface area is 158 Å². The van der Waals surface area contributed by atoms with Crippen LogP contribution in [0.4, 0.5) is 11.6 Å². The lowest BCUT2D eigenvalue weighted by Gasteiger charge is -2.20. The van der Waals surface area contributed by atoms with Crippen molar-refractivity contribution < 1.29 is 9.53 Å². The van der Waals surface area contributed by atoms with E-state index in [0.29, 0.717) is 24.6 Å². The second-order valence-electron chi connectivity index (χ2n) is 5.96. The van der Waals surface area contributed by atoms with Crippen molar-refractivity contribution in [2.24, 2.45) is 0 Å². The molecule has 1 aromatic heterocycles. The minimum atomic E-state index is -0.0886. The Morgan fingerprint density at radius 2 is 1.81 bits per heavy atom. The van der Waals surface area contributed by atoms with Crippen molar-refractivity contribution in [3.05, 3.63) is 78.1 Å². The van der Waals surface area contributed by atoms with Crippen LogP contribution in [0.25, 0.3) is 0 Å². The van der Waals surface area contributed by atoms with Gasteiger partial charge in [-0.25, -0.2) is 9.97 Å². The summed E-state index contributed by atoms with van der Waals surface area (Å²) in [5.41, 5.74) is 2.36. The average Bonchev–Trinajstić information content (AvgIpc) is 2.73. The van der Waals surface area contributed by atoms with Crippen molar-refractivity contribution in [2.45, 2.75) is 13.5 Å². The van der Waals surface area contributed by atoms with Gasteiger partial charge in [-0.3, -0.25) is 4.79 Å². The number of rotatable bonds is 7. The number of aromatic nitrogens is 2. The number of nitrogens with zero attached hydrogens (tertiary/aromatic N) is 3. The van der Waals surface area contributed by atoms with E-state index in [4.69, 9.17) is 4.74 Å². The fraction of sp³-hybridized carbons (Fsp3) is 0.190. The lowest BCUT2D eigenvalue weighted by Crippen LogP contribution is -2.30. The smallest absolute Gasteiger partial charge is 0.257 e. The summed E-state index contributed by atoms with van der Waals surface area (Å²) in [5, 5.41) is 3.10. The highest BCUT2D eigenvalue weighted by molar-refractivity contribution is 5.93. The number of methoxy groups -OCH3 is 1. The average molecular weight is 362 g/mol. The molecule has 0 bridgehead atoms. The molecule has 0 atom stereocenters. The lowest BCUT2D eigenvalue weighted by molar-refractivity contribution is 0.0752. The normalized spacial score (nSPS) is 10.3. The van der Waals surface area contributed by atoms with E-state index in [-0.39, 0.29) is 5.91 Å². The first-order valence-electron chi connectivity index (χ1n) is 8.76. The number of carbonyl (C=O) groups excluding carboxylic acids is 1. The van der Waals surface area contributed by atoms with Crippen LogP contribution < -0.4 is 10.1 Å². The highest BCUT2D eigenvalue weighted by Gasteiger charge is 2.15. The van der Waals surface area contributed by atoms with Crippen LogP contribution in [0.1, 0.15) is 22.8 Å². The summed E-state index contributed by atoms with van der Waals surface area (Å²) in [6.07, 6.45) is 3.09. The first kappa shape index (κ1) is 18.4. The van der Waals surface area contributed by atoms with E-state index in [0.717, 1.165) is 17.0 Å². The summed E-state index contributed by atoms with van der Waals surface area (Å²) in [4.78, 5) is 23.0. The molecule has 1 amide bonds. The van der Waals surface area contributed by atoms with Crippen LogP contribution in [0.15, 0.2) is 67.0 Å².